The van der Waals surface area contributed by atoms with Gasteiger partial charge in [0, 0.05) is 35.8 Å². The summed E-state index contributed by atoms with van der Waals surface area (Å²) in [5, 5.41) is 3.80. The lowest BCUT2D eigenvalue weighted by Gasteiger charge is -2.35. The Hall–Kier alpha value is -1.10. The molecule has 1 aromatic carbocycles. The molecule has 3 atom stereocenters. The number of carbonyl (C=O) groups excluding carboxylic acids is 1. The number of fused-ring (bicyclic) bond motifs is 1. The van der Waals surface area contributed by atoms with Gasteiger partial charge in [-0.3, -0.25) is 9.69 Å². The number of nitrogens with one attached hydrogen (secondary N) is 1. The van der Waals surface area contributed by atoms with Crippen LogP contribution in [0.4, 0.5) is 0 Å². The summed E-state index contributed by atoms with van der Waals surface area (Å²) in [6, 6.07) is 6.14. The molecule has 124 valence electrons. The first-order valence-electron chi connectivity index (χ1n) is 8.53. The van der Waals surface area contributed by atoms with Crippen LogP contribution in [-0.4, -0.2) is 48.7 Å². The topological polar surface area (TPSA) is 41.6 Å². The number of benzene rings is 1. The van der Waals surface area contributed by atoms with Gasteiger partial charge in [0.25, 0.3) is 5.91 Å². The summed E-state index contributed by atoms with van der Waals surface area (Å²) in [6.45, 7) is 4.71. The summed E-state index contributed by atoms with van der Waals surface area (Å²) < 4.78 is 6.01. The van der Waals surface area contributed by atoms with Crippen LogP contribution in [0.2, 0.25) is 5.02 Å². The van der Waals surface area contributed by atoms with Gasteiger partial charge in [0.15, 0.2) is 0 Å². The van der Waals surface area contributed by atoms with Crippen molar-refractivity contribution >= 4 is 17.5 Å². The number of morpholine rings is 1. The Labute approximate surface area is 142 Å². The van der Waals surface area contributed by atoms with Gasteiger partial charge < -0.3 is 10.1 Å². The van der Waals surface area contributed by atoms with Gasteiger partial charge in [0.05, 0.1) is 12.7 Å². The van der Waals surface area contributed by atoms with E-state index in [4.69, 9.17) is 16.3 Å². The SMILES string of the molecule is Cc1ccc(C(=O)N[C@H]2C[C@H]3CO[C@@H](C4CC4)CN3C2)cc1Cl. The van der Waals surface area contributed by atoms with E-state index in [1.54, 1.807) is 6.07 Å². The number of rotatable bonds is 3. The second kappa shape index (κ2) is 6.08. The molecule has 0 spiro atoms. The molecular formula is C18H23ClN2O2. The third-order valence-corrected chi connectivity index (χ3v) is 5.77. The molecule has 0 aromatic heterocycles. The smallest absolute Gasteiger partial charge is 0.251 e. The summed E-state index contributed by atoms with van der Waals surface area (Å²) in [7, 11) is 0. The maximum absolute atomic E-state index is 12.4. The zero-order chi connectivity index (χ0) is 16.0. The Kier molecular flexibility index (Phi) is 4.08. The third-order valence-electron chi connectivity index (χ3n) is 5.36. The normalized spacial score (nSPS) is 31.0. The lowest BCUT2D eigenvalue weighted by atomic mass is 10.1. The van der Waals surface area contributed by atoms with E-state index in [2.05, 4.69) is 10.2 Å². The van der Waals surface area contributed by atoms with Gasteiger partial charge in [0.1, 0.15) is 0 Å². The van der Waals surface area contributed by atoms with Crippen LogP contribution in [0.3, 0.4) is 0 Å². The molecule has 1 amide bonds. The largest absolute Gasteiger partial charge is 0.375 e. The summed E-state index contributed by atoms with van der Waals surface area (Å²) in [5.41, 5.74) is 1.63. The van der Waals surface area contributed by atoms with Crippen molar-refractivity contribution in [2.75, 3.05) is 19.7 Å². The van der Waals surface area contributed by atoms with Crippen molar-refractivity contribution < 1.29 is 9.53 Å². The van der Waals surface area contributed by atoms with Gasteiger partial charge in [-0.1, -0.05) is 17.7 Å². The van der Waals surface area contributed by atoms with Crippen molar-refractivity contribution in [3.8, 4) is 0 Å². The Balaban J connectivity index is 1.36. The Morgan fingerprint density at radius 2 is 2.17 bits per heavy atom. The van der Waals surface area contributed by atoms with Gasteiger partial charge in [-0.05, 0) is 49.8 Å². The molecule has 3 fully saturated rings. The third kappa shape index (κ3) is 3.25. The number of halogens is 1. The van der Waals surface area contributed by atoms with Crippen LogP contribution in [0.15, 0.2) is 18.2 Å². The van der Waals surface area contributed by atoms with Crippen LogP contribution in [0.1, 0.15) is 35.2 Å². The zero-order valence-corrected chi connectivity index (χ0v) is 14.2. The first-order chi connectivity index (χ1) is 11.1. The van der Waals surface area contributed by atoms with E-state index in [-0.39, 0.29) is 11.9 Å². The number of carbonyl (C=O) groups is 1. The molecule has 3 aliphatic rings. The van der Waals surface area contributed by atoms with Crippen molar-refractivity contribution in [1.29, 1.82) is 0 Å². The minimum atomic E-state index is -0.0311. The van der Waals surface area contributed by atoms with E-state index in [0.29, 0.717) is 22.7 Å². The highest BCUT2D eigenvalue weighted by Crippen LogP contribution is 2.37. The Morgan fingerprint density at radius 1 is 1.35 bits per heavy atom. The molecule has 4 rings (SSSR count). The van der Waals surface area contributed by atoms with Crippen LogP contribution < -0.4 is 5.32 Å². The number of aryl methyl sites for hydroxylation is 1. The van der Waals surface area contributed by atoms with Crippen LogP contribution in [0, 0.1) is 12.8 Å². The number of nitrogens with zero attached hydrogens (tertiary/aromatic N) is 1. The second-order valence-corrected chi connectivity index (χ2v) is 7.59. The lowest BCUT2D eigenvalue weighted by molar-refractivity contribution is -0.0581. The summed E-state index contributed by atoms with van der Waals surface area (Å²) in [5.74, 6) is 0.746. The predicted molar refractivity (Wildman–Crippen MR) is 89.9 cm³/mol. The van der Waals surface area contributed by atoms with E-state index >= 15 is 0 Å². The van der Waals surface area contributed by atoms with Crippen LogP contribution in [0.25, 0.3) is 0 Å². The zero-order valence-electron chi connectivity index (χ0n) is 13.4. The Bertz CT molecular complexity index is 617. The highest BCUT2D eigenvalue weighted by Gasteiger charge is 2.42. The molecule has 2 heterocycles. The summed E-state index contributed by atoms with van der Waals surface area (Å²) in [6.07, 6.45) is 4.02. The molecule has 0 radical (unpaired) electrons. The molecule has 23 heavy (non-hydrogen) atoms. The van der Waals surface area contributed by atoms with Crippen LogP contribution in [0.5, 0.6) is 0 Å². The number of ether oxygens (including phenoxy) is 1. The monoisotopic (exact) mass is 334 g/mol. The van der Waals surface area contributed by atoms with Gasteiger partial charge in [-0.15, -0.1) is 0 Å². The minimum Gasteiger partial charge on any atom is -0.375 e. The van der Waals surface area contributed by atoms with Crippen molar-refractivity contribution in [2.24, 2.45) is 5.92 Å². The fourth-order valence-electron chi connectivity index (χ4n) is 3.76. The average molecular weight is 335 g/mol. The predicted octanol–water partition coefficient (Wildman–Crippen LogP) is 2.63. The van der Waals surface area contributed by atoms with E-state index in [1.165, 1.54) is 12.8 Å². The van der Waals surface area contributed by atoms with Gasteiger partial charge in [-0.2, -0.15) is 0 Å². The van der Waals surface area contributed by atoms with Gasteiger partial charge in [-0.25, -0.2) is 0 Å². The van der Waals surface area contributed by atoms with E-state index in [9.17, 15) is 4.79 Å². The van der Waals surface area contributed by atoms with Crippen molar-refractivity contribution in [2.45, 2.75) is 44.4 Å². The molecule has 1 N–H and O–H groups in total. The van der Waals surface area contributed by atoms with Gasteiger partial charge >= 0.3 is 0 Å². The number of hydrogen-bond donors (Lipinski definition) is 1. The quantitative estimate of drug-likeness (QED) is 0.924. The van der Waals surface area contributed by atoms with Crippen molar-refractivity contribution in [3.63, 3.8) is 0 Å². The number of amides is 1. The molecule has 2 saturated heterocycles. The average Bonchev–Trinajstić information content (AvgIpc) is 3.30. The minimum absolute atomic E-state index is 0.0311. The van der Waals surface area contributed by atoms with E-state index < -0.39 is 0 Å². The molecule has 0 unspecified atom stereocenters. The van der Waals surface area contributed by atoms with Crippen LogP contribution >= 0.6 is 11.6 Å². The van der Waals surface area contributed by atoms with Crippen LogP contribution in [-0.2, 0) is 4.74 Å². The maximum atomic E-state index is 12.4. The van der Waals surface area contributed by atoms with Gasteiger partial charge in [0.2, 0.25) is 0 Å². The number of hydrogen-bond acceptors (Lipinski definition) is 3. The van der Waals surface area contributed by atoms with Crippen molar-refractivity contribution in [1.82, 2.24) is 10.2 Å². The summed E-state index contributed by atoms with van der Waals surface area (Å²) in [4.78, 5) is 14.9. The highest BCUT2D eigenvalue weighted by atomic mass is 35.5. The molecule has 1 saturated carbocycles. The second-order valence-electron chi connectivity index (χ2n) is 7.19. The molecular weight excluding hydrogens is 312 g/mol. The fraction of sp³-hybridized carbons (Fsp3) is 0.611. The molecule has 2 aliphatic heterocycles. The lowest BCUT2D eigenvalue weighted by Crippen LogP contribution is -2.47. The molecule has 1 aromatic rings. The van der Waals surface area contributed by atoms with Crippen molar-refractivity contribution in [3.05, 3.63) is 34.3 Å². The van der Waals surface area contributed by atoms with E-state index in [0.717, 1.165) is 37.6 Å². The first-order valence-corrected chi connectivity index (χ1v) is 8.90. The molecule has 1 aliphatic carbocycles. The van der Waals surface area contributed by atoms with E-state index in [1.807, 2.05) is 19.1 Å². The summed E-state index contributed by atoms with van der Waals surface area (Å²) >= 11 is 6.12. The molecule has 5 heteroatoms. The first kappa shape index (κ1) is 15.4. The fourth-order valence-corrected chi connectivity index (χ4v) is 3.94. The standard InChI is InChI=1S/C18H23ClN2O2/c1-11-2-3-13(6-16(11)19)18(22)20-14-7-15-10-23-17(12-4-5-12)9-21(15)8-14/h2-3,6,12,14-15,17H,4-5,7-10H2,1H3,(H,20,22)/t14-,15-,17+/m0/s1. The molecule has 0 bridgehead atoms. The Morgan fingerprint density at radius 3 is 2.91 bits per heavy atom. The highest BCUT2D eigenvalue weighted by molar-refractivity contribution is 6.31. The molecule has 4 nitrogen and oxygen atoms in total. The maximum Gasteiger partial charge on any atom is 0.251 e.